The van der Waals surface area contributed by atoms with Crippen LogP contribution in [0.4, 0.5) is 0 Å². The fourth-order valence-corrected chi connectivity index (χ4v) is 2.88. The van der Waals surface area contributed by atoms with Crippen molar-refractivity contribution in [3.63, 3.8) is 0 Å². The Hall–Kier alpha value is -2.54. The molecule has 0 aliphatic rings. The molecule has 7 heteroatoms. The van der Waals surface area contributed by atoms with Crippen LogP contribution >= 0.6 is 11.3 Å². The summed E-state index contributed by atoms with van der Waals surface area (Å²) in [7, 11) is 3.45. The lowest BCUT2D eigenvalue weighted by Gasteiger charge is -2.19. The second kappa shape index (κ2) is 10.6. The number of ether oxygens (including phenoxy) is 1. The third-order valence-corrected chi connectivity index (χ3v) is 4.74. The van der Waals surface area contributed by atoms with E-state index in [-0.39, 0.29) is 18.6 Å². The van der Waals surface area contributed by atoms with Crippen LogP contribution in [0, 0.1) is 6.92 Å². The minimum atomic E-state index is -0.0515. The van der Waals surface area contributed by atoms with Gasteiger partial charge in [-0.2, -0.15) is 0 Å². The summed E-state index contributed by atoms with van der Waals surface area (Å²) in [4.78, 5) is 19.0. The number of hydrogen-bond acceptors (Lipinski definition) is 4. The number of amides is 1. The van der Waals surface area contributed by atoms with Crippen LogP contribution in [0.25, 0.3) is 0 Å². The van der Waals surface area contributed by atoms with Gasteiger partial charge >= 0.3 is 0 Å². The summed E-state index contributed by atoms with van der Waals surface area (Å²) in [5.74, 6) is 1.43. The summed E-state index contributed by atoms with van der Waals surface area (Å²) < 4.78 is 5.99. The number of benzene rings is 1. The van der Waals surface area contributed by atoms with Gasteiger partial charge in [-0.05, 0) is 36.9 Å². The monoisotopic (exact) mass is 388 g/mol. The number of thiophene rings is 1. The van der Waals surface area contributed by atoms with Gasteiger partial charge < -0.3 is 20.3 Å². The van der Waals surface area contributed by atoms with Gasteiger partial charge in [0.05, 0.1) is 13.1 Å². The largest absolute Gasteiger partial charge is 0.489 e. The van der Waals surface area contributed by atoms with Crippen molar-refractivity contribution in [3.8, 4) is 5.75 Å². The van der Waals surface area contributed by atoms with Crippen LogP contribution < -0.4 is 15.4 Å². The molecule has 1 unspecified atom stereocenters. The first-order valence-corrected chi connectivity index (χ1v) is 9.80. The Balaban J connectivity index is 1.92. The van der Waals surface area contributed by atoms with Crippen LogP contribution in [0.15, 0.2) is 46.8 Å². The zero-order valence-electron chi connectivity index (χ0n) is 16.4. The lowest BCUT2D eigenvalue weighted by atomic mass is 10.2. The van der Waals surface area contributed by atoms with E-state index < -0.39 is 0 Å². The first-order chi connectivity index (χ1) is 13.0. The SMILES string of the molecule is Cc1ccccc1OC(C)CNC(=NCC(=O)N(C)C)NCc1cccs1. The van der Waals surface area contributed by atoms with Gasteiger partial charge in [0.15, 0.2) is 5.96 Å². The minimum absolute atomic E-state index is 0.0450. The van der Waals surface area contributed by atoms with Gasteiger partial charge in [-0.15, -0.1) is 11.3 Å². The maximum atomic E-state index is 11.8. The molecule has 2 rings (SSSR count). The Morgan fingerprint density at radius 1 is 1.22 bits per heavy atom. The highest BCUT2D eigenvalue weighted by molar-refractivity contribution is 7.09. The van der Waals surface area contributed by atoms with Crippen molar-refractivity contribution in [1.29, 1.82) is 0 Å². The second-order valence-electron chi connectivity index (χ2n) is 6.46. The van der Waals surface area contributed by atoms with Crippen molar-refractivity contribution in [2.24, 2.45) is 4.99 Å². The number of rotatable bonds is 8. The highest BCUT2D eigenvalue weighted by atomic mass is 32.1. The van der Waals surface area contributed by atoms with Crippen LogP contribution in [-0.4, -0.2) is 50.1 Å². The molecular formula is C20H28N4O2S. The molecule has 1 aromatic heterocycles. The maximum absolute atomic E-state index is 11.8. The Kier molecular flexibility index (Phi) is 8.13. The topological polar surface area (TPSA) is 66.0 Å². The van der Waals surface area contributed by atoms with Crippen molar-refractivity contribution >= 4 is 23.2 Å². The normalized spacial score (nSPS) is 12.4. The standard InChI is InChI=1S/C20H28N4O2S/c1-15-8-5-6-10-18(15)26-16(2)12-21-20(23-14-19(25)24(3)4)22-13-17-9-7-11-27-17/h5-11,16H,12-14H2,1-4H3,(H2,21,22,23). The van der Waals surface area contributed by atoms with Crippen molar-refractivity contribution in [1.82, 2.24) is 15.5 Å². The quantitative estimate of drug-likeness (QED) is 0.539. The zero-order valence-corrected chi connectivity index (χ0v) is 17.2. The summed E-state index contributed by atoms with van der Waals surface area (Å²) in [6, 6.07) is 12.0. The first kappa shape index (κ1) is 20.8. The lowest BCUT2D eigenvalue weighted by molar-refractivity contribution is -0.127. The lowest BCUT2D eigenvalue weighted by Crippen LogP contribution is -2.42. The molecule has 2 N–H and O–H groups in total. The molecular weight excluding hydrogens is 360 g/mol. The number of aliphatic imine (C=N–C) groups is 1. The summed E-state index contributed by atoms with van der Waals surface area (Å²) >= 11 is 1.68. The number of aryl methyl sites for hydroxylation is 1. The number of hydrogen-bond donors (Lipinski definition) is 2. The molecule has 0 saturated heterocycles. The van der Waals surface area contributed by atoms with Gasteiger partial charge in [0.2, 0.25) is 5.91 Å². The van der Waals surface area contributed by atoms with E-state index in [9.17, 15) is 4.79 Å². The van der Waals surface area contributed by atoms with E-state index in [0.717, 1.165) is 11.3 Å². The predicted molar refractivity (Wildman–Crippen MR) is 111 cm³/mol. The molecule has 27 heavy (non-hydrogen) atoms. The van der Waals surface area contributed by atoms with Crippen molar-refractivity contribution in [2.75, 3.05) is 27.2 Å². The highest BCUT2D eigenvalue weighted by Crippen LogP contribution is 2.17. The summed E-state index contributed by atoms with van der Waals surface area (Å²) in [6.45, 7) is 5.35. The predicted octanol–water partition coefficient (Wildman–Crippen LogP) is 2.65. The highest BCUT2D eigenvalue weighted by Gasteiger charge is 2.09. The van der Waals surface area contributed by atoms with E-state index in [2.05, 4.69) is 21.7 Å². The third-order valence-electron chi connectivity index (χ3n) is 3.86. The average Bonchev–Trinajstić information content (AvgIpc) is 3.16. The fraction of sp³-hybridized carbons (Fsp3) is 0.400. The maximum Gasteiger partial charge on any atom is 0.243 e. The first-order valence-electron chi connectivity index (χ1n) is 8.92. The van der Waals surface area contributed by atoms with Crippen molar-refractivity contribution < 1.29 is 9.53 Å². The number of guanidine groups is 1. The summed E-state index contributed by atoms with van der Waals surface area (Å²) in [6.07, 6.45) is -0.0515. The van der Waals surface area contributed by atoms with Crippen LogP contribution in [0.2, 0.25) is 0 Å². The second-order valence-corrected chi connectivity index (χ2v) is 7.49. The van der Waals surface area contributed by atoms with Crippen LogP contribution in [0.5, 0.6) is 5.75 Å². The number of carbonyl (C=O) groups is 1. The molecule has 1 aromatic carbocycles. The van der Waals surface area contributed by atoms with E-state index in [1.54, 1.807) is 25.4 Å². The van der Waals surface area contributed by atoms with Gasteiger partial charge in [0.25, 0.3) is 0 Å². The fourth-order valence-electron chi connectivity index (χ4n) is 2.23. The number of likely N-dealkylation sites (N-methyl/N-ethyl adjacent to an activating group) is 1. The van der Waals surface area contributed by atoms with E-state index in [4.69, 9.17) is 4.74 Å². The third kappa shape index (κ3) is 7.30. The molecule has 0 aliphatic heterocycles. The smallest absolute Gasteiger partial charge is 0.243 e. The Morgan fingerprint density at radius 3 is 2.67 bits per heavy atom. The van der Waals surface area contributed by atoms with Crippen LogP contribution in [0.1, 0.15) is 17.4 Å². The van der Waals surface area contributed by atoms with Crippen LogP contribution in [-0.2, 0) is 11.3 Å². The molecule has 1 amide bonds. The number of nitrogens with zero attached hydrogens (tertiary/aromatic N) is 2. The van der Waals surface area contributed by atoms with Crippen LogP contribution in [0.3, 0.4) is 0 Å². The Labute approximate surface area is 165 Å². The van der Waals surface area contributed by atoms with Gasteiger partial charge in [0.1, 0.15) is 18.4 Å². The minimum Gasteiger partial charge on any atom is -0.489 e. The summed E-state index contributed by atoms with van der Waals surface area (Å²) in [5.41, 5.74) is 1.10. The Morgan fingerprint density at radius 2 is 2.00 bits per heavy atom. The molecule has 0 radical (unpaired) electrons. The molecule has 2 aromatic rings. The molecule has 0 fully saturated rings. The number of carbonyl (C=O) groups excluding carboxylic acids is 1. The molecule has 0 bridgehead atoms. The van der Waals surface area contributed by atoms with E-state index in [1.165, 1.54) is 9.78 Å². The van der Waals surface area contributed by atoms with Gasteiger partial charge in [-0.1, -0.05) is 24.3 Å². The van der Waals surface area contributed by atoms with Gasteiger partial charge in [-0.25, -0.2) is 4.99 Å². The zero-order chi connectivity index (χ0) is 19.6. The molecule has 1 heterocycles. The van der Waals surface area contributed by atoms with Crippen molar-refractivity contribution in [2.45, 2.75) is 26.5 Å². The molecule has 6 nitrogen and oxygen atoms in total. The van der Waals surface area contributed by atoms with E-state index >= 15 is 0 Å². The average molecular weight is 389 g/mol. The van der Waals surface area contributed by atoms with Gasteiger partial charge in [-0.3, -0.25) is 4.79 Å². The number of para-hydroxylation sites is 1. The molecule has 146 valence electrons. The van der Waals surface area contributed by atoms with Crippen molar-refractivity contribution in [3.05, 3.63) is 52.2 Å². The molecule has 0 spiro atoms. The molecule has 0 aliphatic carbocycles. The molecule has 1 atom stereocenters. The summed E-state index contributed by atoms with van der Waals surface area (Å²) in [5, 5.41) is 8.57. The van der Waals surface area contributed by atoms with E-state index in [1.807, 2.05) is 49.6 Å². The number of nitrogens with one attached hydrogen (secondary N) is 2. The van der Waals surface area contributed by atoms with E-state index in [0.29, 0.717) is 19.0 Å². The van der Waals surface area contributed by atoms with Gasteiger partial charge in [0, 0.05) is 19.0 Å². The molecule has 0 saturated carbocycles. The Bertz CT molecular complexity index is 744.